The molecule has 0 aliphatic carbocycles. The van der Waals surface area contributed by atoms with Gasteiger partial charge in [-0.2, -0.15) is 0 Å². The highest BCUT2D eigenvalue weighted by molar-refractivity contribution is 5.79. The van der Waals surface area contributed by atoms with Gasteiger partial charge >= 0.3 is 0 Å². The zero-order valence-corrected chi connectivity index (χ0v) is 8.06. The smallest absolute Gasteiger partial charge is 0.225 e. The molecule has 1 saturated heterocycles. The molecule has 14 heavy (non-hydrogen) atoms. The summed E-state index contributed by atoms with van der Waals surface area (Å²) in [6.07, 6.45) is 2.46. The van der Waals surface area contributed by atoms with Gasteiger partial charge in [0.25, 0.3) is 0 Å². The highest BCUT2D eigenvalue weighted by atomic mass is 16.3. The number of carbonyl (C=O) groups excluding carboxylic acids is 1. The maximum Gasteiger partial charge on any atom is 0.225 e. The molecule has 0 radical (unpaired) electrons. The van der Waals surface area contributed by atoms with Crippen LogP contribution in [0.4, 0.5) is 0 Å². The van der Waals surface area contributed by atoms with Crippen molar-refractivity contribution in [3.63, 3.8) is 0 Å². The number of likely N-dealkylation sites (tertiary alicyclic amines) is 1. The van der Waals surface area contributed by atoms with Gasteiger partial charge in [-0.3, -0.25) is 4.79 Å². The van der Waals surface area contributed by atoms with Crippen molar-refractivity contribution in [2.24, 2.45) is 0 Å². The molecule has 0 bridgehead atoms. The molecule has 0 spiro atoms. The standard InChI is InChI=1S/C10H13NO3/c1-10(13)5-4-9(12)11(10)7-8-3-2-6-14-8/h2-3,6,13H,4-5,7H2,1H3/t10-/m0/s1. The second kappa shape index (κ2) is 3.13. The average molecular weight is 195 g/mol. The summed E-state index contributed by atoms with van der Waals surface area (Å²) in [5, 5.41) is 9.89. The molecule has 1 amide bonds. The predicted molar refractivity (Wildman–Crippen MR) is 49.1 cm³/mol. The van der Waals surface area contributed by atoms with Crippen LogP contribution in [0.5, 0.6) is 0 Å². The Bertz CT molecular complexity index is 329. The van der Waals surface area contributed by atoms with Crippen molar-refractivity contribution in [1.29, 1.82) is 0 Å². The van der Waals surface area contributed by atoms with Crippen molar-refractivity contribution in [2.75, 3.05) is 0 Å². The first kappa shape index (κ1) is 9.27. The average Bonchev–Trinajstić information content (AvgIpc) is 2.69. The van der Waals surface area contributed by atoms with Crippen LogP contribution in [0.2, 0.25) is 0 Å². The lowest BCUT2D eigenvalue weighted by Crippen LogP contribution is -2.42. The molecule has 4 heteroatoms. The fourth-order valence-corrected chi connectivity index (χ4v) is 1.70. The molecule has 0 saturated carbocycles. The maximum atomic E-state index is 11.4. The van der Waals surface area contributed by atoms with Crippen molar-refractivity contribution < 1.29 is 14.3 Å². The van der Waals surface area contributed by atoms with Crippen LogP contribution >= 0.6 is 0 Å². The molecular weight excluding hydrogens is 182 g/mol. The fourth-order valence-electron chi connectivity index (χ4n) is 1.70. The van der Waals surface area contributed by atoms with Crippen LogP contribution in [0.15, 0.2) is 22.8 Å². The molecule has 0 aromatic carbocycles. The summed E-state index contributed by atoms with van der Waals surface area (Å²) in [4.78, 5) is 12.9. The molecule has 1 aliphatic rings. The number of amides is 1. The predicted octanol–water partition coefficient (Wildman–Crippen LogP) is 1.11. The topological polar surface area (TPSA) is 53.7 Å². The Morgan fingerprint density at radius 3 is 3.00 bits per heavy atom. The summed E-state index contributed by atoms with van der Waals surface area (Å²) in [6, 6.07) is 3.56. The summed E-state index contributed by atoms with van der Waals surface area (Å²) in [5.74, 6) is 0.673. The van der Waals surface area contributed by atoms with Gasteiger partial charge in [0.15, 0.2) is 0 Å². The second-order valence-electron chi connectivity index (χ2n) is 3.78. The van der Waals surface area contributed by atoms with E-state index in [1.807, 2.05) is 0 Å². The number of furan rings is 1. The molecule has 1 aliphatic heterocycles. The first-order valence-corrected chi connectivity index (χ1v) is 4.65. The molecule has 1 aromatic heterocycles. The lowest BCUT2D eigenvalue weighted by molar-refractivity contribution is -0.144. The minimum atomic E-state index is -1.02. The minimum Gasteiger partial charge on any atom is -0.467 e. The fraction of sp³-hybridized carbons (Fsp3) is 0.500. The van der Waals surface area contributed by atoms with Crippen molar-refractivity contribution in [1.82, 2.24) is 4.90 Å². The van der Waals surface area contributed by atoms with Crippen molar-refractivity contribution in [2.45, 2.75) is 32.0 Å². The molecule has 1 N–H and O–H groups in total. The van der Waals surface area contributed by atoms with Crippen LogP contribution < -0.4 is 0 Å². The zero-order valence-electron chi connectivity index (χ0n) is 8.06. The van der Waals surface area contributed by atoms with Crippen molar-refractivity contribution in [3.8, 4) is 0 Å². The molecular formula is C10H13NO3. The quantitative estimate of drug-likeness (QED) is 0.769. The number of rotatable bonds is 2. The van der Waals surface area contributed by atoms with Gasteiger partial charge in [-0.15, -0.1) is 0 Å². The zero-order chi connectivity index (χ0) is 10.2. The third kappa shape index (κ3) is 1.53. The lowest BCUT2D eigenvalue weighted by atomic mass is 10.2. The first-order valence-electron chi connectivity index (χ1n) is 4.65. The van der Waals surface area contributed by atoms with Gasteiger partial charge in [0.05, 0.1) is 12.8 Å². The Morgan fingerprint density at radius 1 is 1.71 bits per heavy atom. The molecule has 4 nitrogen and oxygen atoms in total. The summed E-state index contributed by atoms with van der Waals surface area (Å²) in [7, 11) is 0. The first-order chi connectivity index (χ1) is 6.59. The van der Waals surface area contributed by atoms with Gasteiger partial charge in [0, 0.05) is 12.8 Å². The van der Waals surface area contributed by atoms with Gasteiger partial charge in [-0.1, -0.05) is 0 Å². The largest absolute Gasteiger partial charge is 0.467 e. The summed E-state index contributed by atoms with van der Waals surface area (Å²) >= 11 is 0. The molecule has 1 fully saturated rings. The summed E-state index contributed by atoms with van der Waals surface area (Å²) in [5.41, 5.74) is -1.02. The Labute approximate surface area is 82.1 Å². The highest BCUT2D eigenvalue weighted by Crippen LogP contribution is 2.28. The van der Waals surface area contributed by atoms with E-state index in [1.54, 1.807) is 25.3 Å². The number of hydrogen-bond acceptors (Lipinski definition) is 3. The van der Waals surface area contributed by atoms with E-state index >= 15 is 0 Å². The van der Waals surface area contributed by atoms with E-state index in [0.29, 0.717) is 25.1 Å². The SMILES string of the molecule is C[C@]1(O)CCC(=O)N1Cc1ccco1. The Kier molecular flexibility index (Phi) is 2.07. The van der Waals surface area contributed by atoms with Crippen molar-refractivity contribution in [3.05, 3.63) is 24.2 Å². The van der Waals surface area contributed by atoms with Crippen LogP contribution in [0, 0.1) is 0 Å². The summed E-state index contributed by atoms with van der Waals surface area (Å²) in [6.45, 7) is 2.00. The number of carbonyl (C=O) groups is 1. The van der Waals surface area contributed by atoms with Crippen LogP contribution in [0.25, 0.3) is 0 Å². The Balaban J connectivity index is 2.13. The van der Waals surface area contributed by atoms with E-state index in [1.165, 1.54) is 4.90 Å². The number of hydrogen-bond donors (Lipinski definition) is 1. The van der Waals surface area contributed by atoms with E-state index in [-0.39, 0.29) is 5.91 Å². The molecule has 2 heterocycles. The minimum absolute atomic E-state index is 0.0219. The van der Waals surface area contributed by atoms with Gasteiger partial charge in [-0.05, 0) is 19.1 Å². The van der Waals surface area contributed by atoms with E-state index in [0.717, 1.165) is 0 Å². The van der Waals surface area contributed by atoms with E-state index in [4.69, 9.17) is 4.42 Å². The Hall–Kier alpha value is -1.29. The number of aliphatic hydroxyl groups is 1. The van der Waals surface area contributed by atoms with Gasteiger partial charge in [-0.25, -0.2) is 0 Å². The molecule has 2 rings (SSSR count). The third-order valence-corrected chi connectivity index (χ3v) is 2.59. The van der Waals surface area contributed by atoms with Crippen LogP contribution in [0.3, 0.4) is 0 Å². The van der Waals surface area contributed by atoms with Crippen LogP contribution in [-0.4, -0.2) is 21.6 Å². The van der Waals surface area contributed by atoms with E-state index in [2.05, 4.69) is 0 Å². The van der Waals surface area contributed by atoms with Gasteiger partial charge in [0.1, 0.15) is 11.5 Å². The molecule has 0 unspecified atom stereocenters. The Morgan fingerprint density at radius 2 is 2.50 bits per heavy atom. The normalized spacial score (nSPS) is 27.3. The second-order valence-corrected chi connectivity index (χ2v) is 3.78. The highest BCUT2D eigenvalue weighted by Gasteiger charge is 2.39. The van der Waals surface area contributed by atoms with E-state index in [9.17, 15) is 9.90 Å². The van der Waals surface area contributed by atoms with Crippen LogP contribution in [0.1, 0.15) is 25.5 Å². The van der Waals surface area contributed by atoms with Gasteiger partial charge < -0.3 is 14.4 Å². The van der Waals surface area contributed by atoms with Crippen molar-refractivity contribution >= 4 is 5.91 Å². The van der Waals surface area contributed by atoms with E-state index < -0.39 is 5.72 Å². The molecule has 76 valence electrons. The third-order valence-electron chi connectivity index (χ3n) is 2.59. The molecule has 1 aromatic rings. The molecule has 1 atom stereocenters. The number of nitrogens with zero attached hydrogens (tertiary/aromatic N) is 1. The monoisotopic (exact) mass is 195 g/mol. The van der Waals surface area contributed by atoms with Gasteiger partial charge in [0.2, 0.25) is 5.91 Å². The maximum absolute atomic E-state index is 11.4. The van der Waals surface area contributed by atoms with Crippen LogP contribution in [-0.2, 0) is 11.3 Å². The lowest BCUT2D eigenvalue weighted by Gasteiger charge is -2.29. The summed E-state index contributed by atoms with van der Waals surface area (Å²) < 4.78 is 5.13.